The summed E-state index contributed by atoms with van der Waals surface area (Å²) in [5, 5.41) is 0. The smallest absolute Gasteiger partial charge is 0.334 e. The molecule has 1 rings (SSSR count). The average molecular weight is 353 g/mol. The molecule has 0 N–H and O–H groups in total. The normalized spacial score (nSPS) is 16.8. The van der Waals surface area contributed by atoms with Gasteiger partial charge in [-0.15, -0.1) is 0 Å². The zero-order valence-electron chi connectivity index (χ0n) is 16.7. The first-order chi connectivity index (χ1) is 11.9. The molecule has 0 bridgehead atoms. The highest BCUT2D eigenvalue weighted by atomic mass is 16.5. The molecule has 0 saturated heterocycles. The van der Waals surface area contributed by atoms with Gasteiger partial charge in [-0.3, -0.25) is 0 Å². The highest BCUT2D eigenvalue weighted by Crippen LogP contribution is 2.34. The quantitative estimate of drug-likeness (QED) is 0.430. The number of esters is 2. The topological polar surface area (TPSA) is 52.6 Å². The highest BCUT2D eigenvalue weighted by molar-refractivity contribution is 6.00. The summed E-state index contributed by atoms with van der Waals surface area (Å²) in [6, 6.07) is 0. The first kappa shape index (κ1) is 21.7. The van der Waals surface area contributed by atoms with Crippen molar-refractivity contribution < 1.29 is 19.1 Å². The van der Waals surface area contributed by atoms with Gasteiger partial charge in [-0.2, -0.15) is 0 Å². The molecule has 1 aliphatic rings. The molecule has 1 aliphatic carbocycles. The molecular formula is C21H36O4. The van der Waals surface area contributed by atoms with Crippen molar-refractivity contribution in [1.82, 2.24) is 0 Å². The second-order valence-electron chi connectivity index (χ2n) is 7.96. The molecule has 0 heterocycles. The van der Waals surface area contributed by atoms with E-state index >= 15 is 0 Å². The van der Waals surface area contributed by atoms with Crippen LogP contribution in [0, 0.1) is 17.8 Å². The summed E-state index contributed by atoms with van der Waals surface area (Å²) < 4.78 is 11.0. The van der Waals surface area contributed by atoms with Crippen LogP contribution >= 0.6 is 0 Å². The van der Waals surface area contributed by atoms with E-state index in [0.717, 1.165) is 32.1 Å². The van der Waals surface area contributed by atoms with Crippen LogP contribution in [0.15, 0.2) is 11.1 Å². The minimum absolute atomic E-state index is 0.126. The average Bonchev–Trinajstić information content (AvgIpc) is 2.58. The molecule has 0 radical (unpaired) electrons. The maximum absolute atomic E-state index is 12.8. The number of carbonyl (C=O) groups is 2. The van der Waals surface area contributed by atoms with Gasteiger partial charge in [-0.05, 0) is 37.0 Å². The fourth-order valence-corrected chi connectivity index (χ4v) is 3.17. The molecule has 4 nitrogen and oxygen atoms in total. The summed E-state index contributed by atoms with van der Waals surface area (Å²) in [5.41, 5.74) is 1.14. The Balaban J connectivity index is 3.11. The van der Waals surface area contributed by atoms with Crippen LogP contribution in [0.4, 0.5) is 0 Å². The zero-order valence-corrected chi connectivity index (χ0v) is 16.7. The molecule has 25 heavy (non-hydrogen) atoms. The van der Waals surface area contributed by atoms with E-state index in [9.17, 15) is 9.59 Å². The lowest BCUT2D eigenvalue weighted by atomic mass is 9.81. The van der Waals surface area contributed by atoms with Crippen molar-refractivity contribution in [1.29, 1.82) is 0 Å². The molecule has 0 aromatic heterocycles. The van der Waals surface area contributed by atoms with Crippen molar-refractivity contribution in [2.75, 3.05) is 13.2 Å². The number of ether oxygens (including phenoxy) is 2. The second-order valence-corrected chi connectivity index (χ2v) is 7.96. The molecule has 0 amide bonds. The van der Waals surface area contributed by atoms with Crippen molar-refractivity contribution >= 4 is 11.9 Å². The minimum atomic E-state index is -0.336. The monoisotopic (exact) mass is 352 g/mol. The molecule has 1 saturated carbocycles. The summed E-state index contributed by atoms with van der Waals surface area (Å²) in [6.07, 6.45) is 6.69. The first-order valence-corrected chi connectivity index (χ1v) is 9.94. The van der Waals surface area contributed by atoms with Crippen LogP contribution < -0.4 is 0 Å². The molecule has 0 aliphatic heterocycles. The third-order valence-electron chi connectivity index (χ3n) is 4.40. The van der Waals surface area contributed by atoms with Crippen LogP contribution in [0.2, 0.25) is 0 Å². The Morgan fingerprint density at radius 3 is 1.88 bits per heavy atom. The molecular weight excluding hydrogens is 316 g/mol. The van der Waals surface area contributed by atoms with Crippen molar-refractivity contribution in [3.05, 3.63) is 11.1 Å². The van der Waals surface area contributed by atoms with Crippen molar-refractivity contribution in [3.63, 3.8) is 0 Å². The summed E-state index contributed by atoms with van der Waals surface area (Å²) in [4.78, 5) is 25.5. The van der Waals surface area contributed by atoms with Crippen LogP contribution in [0.5, 0.6) is 0 Å². The van der Waals surface area contributed by atoms with Crippen LogP contribution in [0.25, 0.3) is 0 Å². The summed E-state index contributed by atoms with van der Waals surface area (Å²) in [7, 11) is 0. The van der Waals surface area contributed by atoms with Gasteiger partial charge < -0.3 is 9.47 Å². The fourth-order valence-electron chi connectivity index (χ4n) is 3.17. The highest BCUT2D eigenvalue weighted by Gasteiger charge is 2.30. The van der Waals surface area contributed by atoms with Crippen molar-refractivity contribution in [3.8, 4) is 0 Å². The van der Waals surface area contributed by atoms with E-state index in [4.69, 9.17) is 9.47 Å². The van der Waals surface area contributed by atoms with Gasteiger partial charge in [-0.1, -0.05) is 60.3 Å². The van der Waals surface area contributed by atoms with Crippen LogP contribution in [0.3, 0.4) is 0 Å². The van der Waals surface area contributed by atoms with Gasteiger partial charge in [0.25, 0.3) is 0 Å². The van der Waals surface area contributed by atoms with E-state index in [0.29, 0.717) is 30.8 Å². The Morgan fingerprint density at radius 1 is 0.880 bits per heavy atom. The summed E-state index contributed by atoms with van der Waals surface area (Å²) in [6.45, 7) is 10.8. The molecule has 0 spiro atoms. The lowest BCUT2D eigenvalue weighted by Crippen LogP contribution is -2.25. The third kappa shape index (κ3) is 7.62. The Bertz CT molecular complexity index is 457. The van der Waals surface area contributed by atoms with Gasteiger partial charge in [0.15, 0.2) is 0 Å². The van der Waals surface area contributed by atoms with E-state index in [1.807, 2.05) is 34.6 Å². The number of carbonyl (C=O) groups excluding carboxylic acids is 2. The molecule has 1 fully saturated rings. The van der Waals surface area contributed by atoms with Crippen LogP contribution in [-0.2, 0) is 19.1 Å². The lowest BCUT2D eigenvalue weighted by Gasteiger charge is -2.26. The third-order valence-corrected chi connectivity index (χ3v) is 4.40. The predicted molar refractivity (Wildman–Crippen MR) is 100 cm³/mol. The maximum Gasteiger partial charge on any atom is 0.334 e. The van der Waals surface area contributed by atoms with Crippen LogP contribution in [-0.4, -0.2) is 25.2 Å². The Kier molecular flexibility index (Phi) is 9.84. The number of hydrogen-bond acceptors (Lipinski definition) is 4. The van der Waals surface area contributed by atoms with Gasteiger partial charge in [0.1, 0.15) is 0 Å². The predicted octanol–water partition coefficient (Wildman–Crippen LogP) is 5.06. The summed E-state index contributed by atoms with van der Waals surface area (Å²) in [5.74, 6) is 0.0293. The molecule has 0 unspecified atom stereocenters. The van der Waals surface area contributed by atoms with Gasteiger partial charge in [-0.25, -0.2) is 9.59 Å². The Morgan fingerprint density at radius 2 is 1.40 bits per heavy atom. The number of hydrogen-bond donors (Lipinski definition) is 0. The molecule has 4 heteroatoms. The van der Waals surface area contributed by atoms with E-state index < -0.39 is 0 Å². The minimum Gasteiger partial charge on any atom is -0.462 e. The van der Waals surface area contributed by atoms with Gasteiger partial charge in [0.2, 0.25) is 0 Å². The number of rotatable bonds is 9. The lowest BCUT2D eigenvalue weighted by molar-refractivity contribution is -0.144. The first-order valence-electron chi connectivity index (χ1n) is 9.94. The Hall–Kier alpha value is -1.32. The second kappa shape index (κ2) is 11.3. The Labute approximate surface area is 153 Å². The molecule has 144 valence electrons. The SMILES string of the molecule is CCCC(C(=O)OCC(C)C)=C(C(=O)OCC(C)C)C1CCCCC1. The maximum atomic E-state index is 12.8. The van der Waals surface area contributed by atoms with Gasteiger partial charge in [0.05, 0.1) is 18.8 Å². The van der Waals surface area contributed by atoms with E-state index in [-0.39, 0.29) is 29.7 Å². The van der Waals surface area contributed by atoms with E-state index in [2.05, 4.69) is 0 Å². The van der Waals surface area contributed by atoms with Gasteiger partial charge >= 0.3 is 11.9 Å². The largest absolute Gasteiger partial charge is 0.462 e. The molecule has 0 aromatic rings. The summed E-state index contributed by atoms with van der Waals surface area (Å²) >= 11 is 0. The van der Waals surface area contributed by atoms with Gasteiger partial charge in [0, 0.05) is 5.57 Å². The fraction of sp³-hybridized carbons (Fsp3) is 0.810. The van der Waals surface area contributed by atoms with E-state index in [1.54, 1.807) is 0 Å². The standard InChI is InChI=1S/C21H36O4/c1-6-10-18(20(22)24-13-15(2)3)19(17-11-8-7-9-12-17)21(23)25-14-16(4)5/h15-17H,6-14H2,1-5H3. The van der Waals surface area contributed by atoms with E-state index in [1.165, 1.54) is 6.42 Å². The molecule has 0 aromatic carbocycles. The van der Waals surface area contributed by atoms with Crippen LogP contribution in [0.1, 0.15) is 79.6 Å². The molecule has 0 atom stereocenters. The zero-order chi connectivity index (χ0) is 18.8. The van der Waals surface area contributed by atoms with Crippen molar-refractivity contribution in [2.45, 2.75) is 79.6 Å². The van der Waals surface area contributed by atoms with Crippen molar-refractivity contribution in [2.24, 2.45) is 17.8 Å².